The lowest BCUT2D eigenvalue weighted by Gasteiger charge is -2.48. The van der Waals surface area contributed by atoms with Gasteiger partial charge in [-0.05, 0) is 37.7 Å². The summed E-state index contributed by atoms with van der Waals surface area (Å²) in [7, 11) is 2.19. The molecule has 6 rings (SSSR count). The summed E-state index contributed by atoms with van der Waals surface area (Å²) in [5.41, 5.74) is 5.27. The van der Waals surface area contributed by atoms with Crippen molar-refractivity contribution in [2.75, 3.05) is 51.2 Å². The molecule has 4 aromatic rings. The van der Waals surface area contributed by atoms with E-state index in [1.807, 2.05) is 29.9 Å². The number of pyridine rings is 1. The van der Waals surface area contributed by atoms with Gasteiger partial charge >= 0.3 is 0 Å². The lowest BCUT2D eigenvalue weighted by Crippen LogP contribution is -2.63. The minimum atomic E-state index is -0.284. The Hall–Kier alpha value is -3.10. The highest BCUT2D eigenvalue weighted by molar-refractivity contribution is 5.98. The smallest absolute Gasteiger partial charge is 0.162 e. The van der Waals surface area contributed by atoms with E-state index in [9.17, 15) is 4.39 Å². The zero-order chi connectivity index (χ0) is 21.8. The summed E-state index contributed by atoms with van der Waals surface area (Å²) in [6.07, 6.45) is 5.84. The predicted molar refractivity (Wildman–Crippen MR) is 123 cm³/mol. The number of hydrogen-bond donors (Lipinski definition) is 0. The van der Waals surface area contributed by atoms with Crippen LogP contribution in [0.15, 0.2) is 42.9 Å². The van der Waals surface area contributed by atoms with Crippen molar-refractivity contribution >= 4 is 22.2 Å². The summed E-state index contributed by atoms with van der Waals surface area (Å²) in [5.74, 6) is -0.284. The van der Waals surface area contributed by atoms with Crippen molar-refractivity contribution in [2.45, 2.75) is 13.0 Å². The molecule has 2 aliphatic heterocycles. The fourth-order valence-corrected chi connectivity index (χ4v) is 4.86. The van der Waals surface area contributed by atoms with E-state index in [2.05, 4.69) is 38.0 Å². The fraction of sp³-hybridized carbons (Fsp3) is 0.375. The van der Waals surface area contributed by atoms with Crippen LogP contribution in [0.1, 0.15) is 5.69 Å². The topological polar surface area (TPSA) is 52.8 Å². The van der Waals surface area contributed by atoms with Crippen LogP contribution in [0.3, 0.4) is 0 Å². The Balaban J connectivity index is 1.27. The predicted octanol–water partition coefficient (Wildman–Crippen LogP) is 2.83. The highest BCUT2D eigenvalue weighted by atomic mass is 19.1. The number of aromatic nitrogens is 4. The Morgan fingerprint density at radius 2 is 1.81 bits per heavy atom. The van der Waals surface area contributed by atoms with E-state index in [0.29, 0.717) is 11.6 Å². The molecular formula is C24H26FN7. The average molecular weight is 432 g/mol. The molecule has 0 N–H and O–H groups in total. The standard InChI is InChI=1S/C24H26FN7/c1-16-9-21(20-4-3-17(25)10-23(20)28-16)22-12-27-32-15-18(11-26-24(22)32)31-13-19(14-31)30-7-5-29(2)6-8-30/h3-4,9-12,15,19H,5-8,13-14H2,1-2H3. The molecule has 2 saturated heterocycles. The van der Waals surface area contributed by atoms with Crippen molar-refractivity contribution in [1.29, 1.82) is 0 Å². The monoisotopic (exact) mass is 431 g/mol. The number of fused-ring (bicyclic) bond motifs is 2. The molecule has 2 aliphatic rings. The highest BCUT2D eigenvalue weighted by Crippen LogP contribution is 2.32. The van der Waals surface area contributed by atoms with E-state index in [-0.39, 0.29) is 5.82 Å². The van der Waals surface area contributed by atoms with Crippen LogP contribution in [0.25, 0.3) is 27.7 Å². The Morgan fingerprint density at radius 1 is 1.00 bits per heavy atom. The average Bonchev–Trinajstić information content (AvgIpc) is 3.16. The quantitative estimate of drug-likeness (QED) is 0.497. The third kappa shape index (κ3) is 3.30. The summed E-state index contributed by atoms with van der Waals surface area (Å²) in [6.45, 7) is 8.59. The molecule has 0 atom stereocenters. The largest absolute Gasteiger partial charge is 0.366 e. The maximum absolute atomic E-state index is 13.7. The van der Waals surface area contributed by atoms with Gasteiger partial charge in [0.1, 0.15) is 5.82 Å². The van der Waals surface area contributed by atoms with Crippen molar-refractivity contribution in [3.05, 3.63) is 54.4 Å². The zero-order valence-corrected chi connectivity index (χ0v) is 18.4. The van der Waals surface area contributed by atoms with Crippen LogP contribution in [-0.2, 0) is 0 Å². The Morgan fingerprint density at radius 3 is 2.62 bits per heavy atom. The molecule has 1 aromatic carbocycles. The van der Waals surface area contributed by atoms with Crippen molar-refractivity contribution in [2.24, 2.45) is 0 Å². The van der Waals surface area contributed by atoms with Crippen LogP contribution in [0, 0.1) is 12.7 Å². The normalized spacial score (nSPS) is 18.5. The van der Waals surface area contributed by atoms with Crippen LogP contribution >= 0.6 is 0 Å². The molecule has 5 heterocycles. The van der Waals surface area contributed by atoms with Gasteiger partial charge in [-0.3, -0.25) is 9.88 Å². The second-order valence-corrected chi connectivity index (χ2v) is 9.01. The molecule has 2 fully saturated rings. The number of aryl methyl sites for hydroxylation is 1. The van der Waals surface area contributed by atoms with E-state index in [1.165, 1.54) is 12.1 Å². The molecule has 8 heteroatoms. The van der Waals surface area contributed by atoms with Crippen LogP contribution in [0.5, 0.6) is 0 Å². The molecule has 0 radical (unpaired) electrons. The molecule has 0 aliphatic carbocycles. The first-order valence-corrected chi connectivity index (χ1v) is 11.1. The molecular weight excluding hydrogens is 405 g/mol. The number of hydrogen-bond acceptors (Lipinski definition) is 6. The van der Waals surface area contributed by atoms with E-state index < -0.39 is 0 Å². The molecule has 0 spiro atoms. The van der Waals surface area contributed by atoms with Gasteiger partial charge < -0.3 is 9.80 Å². The van der Waals surface area contributed by atoms with E-state index in [0.717, 1.165) is 72.8 Å². The van der Waals surface area contributed by atoms with Gasteiger partial charge in [0.2, 0.25) is 0 Å². The molecule has 7 nitrogen and oxygen atoms in total. The van der Waals surface area contributed by atoms with Crippen molar-refractivity contribution in [3.8, 4) is 11.1 Å². The Kier molecular flexibility index (Phi) is 4.58. The van der Waals surface area contributed by atoms with Gasteiger partial charge in [0, 0.05) is 68.0 Å². The Bertz CT molecular complexity index is 1300. The van der Waals surface area contributed by atoms with Crippen molar-refractivity contribution in [3.63, 3.8) is 0 Å². The summed E-state index contributed by atoms with van der Waals surface area (Å²) in [4.78, 5) is 16.6. The lowest BCUT2D eigenvalue weighted by molar-refractivity contribution is 0.0963. The maximum atomic E-state index is 13.7. The highest BCUT2D eigenvalue weighted by Gasteiger charge is 2.33. The SMILES string of the molecule is Cc1cc(-c2cnn3cc(N4CC(N5CCN(C)CC5)C4)cnc23)c2ccc(F)cc2n1. The first kappa shape index (κ1) is 19.6. The third-order valence-electron chi connectivity index (χ3n) is 6.81. The fourth-order valence-electron chi connectivity index (χ4n) is 4.86. The minimum absolute atomic E-state index is 0.284. The molecule has 0 saturated carbocycles. The second kappa shape index (κ2) is 7.50. The molecule has 0 bridgehead atoms. The van der Waals surface area contributed by atoms with Crippen LogP contribution < -0.4 is 4.90 Å². The van der Waals surface area contributed by atoms with E-state index in [1.54, 1.807) is 6.07 Å². The van der Waals surface area contributed by atoms with Gasteiger partial charge in [-0.15, -0.1) is 0 Å². The maximum Gasteiger partial charge on any atom is 0.162 e. The van der Waals surface area contributed by atoms with E-state index >= 15 is 0 Å². The summed E-state index contributed by atoms with van der Waals surface area (Å²) < 4.78 is 15.6. The second-order valence-electron chi connectivity index (χ2n) is 9.01. The van der Waals surface area contributed by atoms with E-state index in [4.69, 9.17) is 4.98 Å². The number of rotatable bonds is 3. The Labute approximate surface area is 186 Å². The van der Waals surface area contributed by atoms with Crippen LogP contribution in [0.4, 0.5) is 10.1 Å². The molecule has 0 amide bonds. The first-order chi connectivity index (χ1) is 15.5. The van der Waals surface area contributed by atoms with Crippen molar-refractivity contribution < 1.29 is 4.39 Å². The number of benzene rings is 1. The summed E-state index contributed by atoms with van der Waals surface area (Å²) >= 11 is 0. The van der Waals surface area contributed by atoms with Gasteiger partial charge in [0.05, 0.1) is 29.8 Å². The minimum Gasteiger partial charge on any atom is -0.366 e. The van der Waals surface area contributed by atoms with Crippen molar-refractivity contribution in [1.82, 2.24) is 29.4 Å². The van der Waals surface area contributed by atoms with Gasteiger partial charge in [-0.1, -0.05) is 0 Å². The van der Waals surface area contributed by atoms with Crippen LogP contribution in [-0.4, -0.2) is 81.7 Å². The van der Waals surface area contributed by atoms with Gasteiger partial charge in [0.15, 0.2) is 5.65 Å². The van der Waals surface area contributed by atoms with Gasteiger partial charge in [-0.2, -0.15) is 5.10 Å². The van der Waals surface area contributed by atoms with Crippen LogP contribution in [0.2, 0.25) is 0 Å². The lowest BCUT2D eigenvalue weighted by atomic mass is 10.0. The third-order valence-corrected chi connectivity index (χ3v) is 6.81. The number of anilines is 1. The number of likely N-dealkylation sites (N-methyl/N-ethyl adjacent to an activating group) is 1. The zero-order valence-electron chi connectivity index (χ0n) is 18.4. The number of halogens is 1. The van der Waals surface area contributed by atoms with Gasteiger partial charge in [-0.25, -0.2) is 13.9 Å². The number of piperazine rings is 1. The molecule has 32 heavy (non-hydrogen) atoms. The van der Waals surface area contributed by atoms with Gasteiger partial charge in [0.25, 0.3) is 0 Å². The molecule has 164 valence electrons. The molecule has 3 aromatic heterocycles. The summed E-state index contributed by atoms with van der Waals surface area (Å²) in [5, 5.41) is 5.48. The summed E-state index contributed by atoms with van der Waals surface area (Å²) in [6, 6.07) is 7.37. The first-order valence-electron chi connectivity index (χ1n) is 11.1. The number of nitrogens with zero attached hydrogens (tertiary/aromatic N) is 7. The molecule has 0 unspecified atom stereocenters.